The number of rotatable bonds is 5. The second-order valence-electron chi connectivity index (χ2n) is 6.96. The van der Waals surface area contributed by atoms with E-state index in [9.17, 15) is 17.6 Å². The van der Waals surface area contributed by atoms with Crippen molar-refractivity contribution in [3.8, 4) is 5.75 Å². The van der Waals surface area contributed by atoms with Gasteiger partial charge in [-0.15, -0.1) is 0 Å². The molecule has 8 heteroatoms. The van der Waals surface area contributed by atoms with Crippen molar-refractivity contribution in [2.45, 2.75) is 18.9 Å². The van der Waals surface area contributed by atoms with Gasteiger partial charge in [-0.1, -0.05) is 24.3 Å². The van der Waals surface area contributed by atoms with Gasteiger partial charge in [-0.3, -0.25) is 4.79 Å². The molecule has 4 rings (SSSR count). The molecule has 1 saturated heterocycles. The molecule has 2 heterocycles. The largest absolute Gasteiger partial charge is 0.480 e. The highest BCUT2D eigenvalue weighted by molar-refractivity contribution is 7.89. The minimum Gasteiger partial charge on any atom is -0.480 e. The fourth-order valence-electron chi connectivity index (χ4n) is 3.66. The maximum absolute atomic E-state index is 13.8. The second-order valence-corrected chi connectivity index (χ2v) is 9.05. The lowest BCUT2D eigenvalue weighted by Gasteiger charge is -2.27. The maximum atomic E-state index is 13.8. The molecule has 0 unspecified atom stereocenters. The van der Waals surface area contributed by atoms with Gasteiger partial charge in [0.1, 0.15) is 11.6 Å². The quantitative estimate of drug-likeness (QED) is 0.766. The molecule has 28 heavy (non-hydrogen) atoms. The van der Waals surface area contributed by atoms with E-state index in [0.29, 0.717) is 30.8 Å². The minimum absolute atomic E-state index is 0.127. The van der Waals surface area contributed by atoms with Crippen LogP contribution in [0.15, 0.2) is 48.5 Å². The van der Waals surface area contributed by atoms with Gasteiger partial charge in [-0.25, -0.2) is 17.1 Å². The number of anilines is 1. The third-order valence-corrected chi connectivity index (χ3v) is 7.04. The standard InChI is InChI=1S/C20H21FN2O4S/c21-16-6-3-7-17(14-16)23(11-10-22-9-4-12-28(22,25)26)20(24)19-13-15-5-1-2-8-18(15)27-19/h1-3,5-8,14,19H,4,9-13H2/t19-/m0/s1. The molecule has 1 atom stereocenters. The number of carbonyl (C=O) groups is 1. The van der Waals surface area contributed by atoms with Gasteiger partial charge >= 0.3 is 0 Å². The van der Waals surface area contributed by atoms with E-state index in [1.165, 1.54) is 27.4 Å². The normalized spacial score (nSPS) is 20.5. The van der Waals surface area contributed by atoms with Gasteiger partial charge in [-0.2, -0.15) is 0 Å². The van der Waals surface area contributed by atoms with E-state index in [1.54, 1.807) is 6.07 Å². The smallest absolute Gasteiger partial charge is 0.268 e. The first-order valence-corrected chi connectivity index (χ1v) is 10.8. The molecular formula is C20H21FN2O4S. The molecule has 1 fully saturated rings. The van der Waals surface area contributed by atoms with Crippen LogP contribution in [0.5, 0.6) is 5.75 Å². The number of para-hydroxylation sites is 1. The van der Waals surface area contributed by atoms with E-state index in [1.807, 2.05) is 24.3 Å². The first-order valence-electron chi connectivity index (χ1n) is 9.23. The molecule has 1 amide bonds. The summed E-state index contributed by atoms with van der Waals surface area (Å²) in [6.45, 7) is 0.751. The van der Waals surface area contributed by atoms with Crippen molar-refractivity contribution in [1.82, 2.24) is 4.31 Å². The van der Waals surface area contributed by atoms with Gasteiger partial charge in [0, 0.05) is 31.7 Å². The van der Waals surface area contributed by atoms with Gasteiger partial charge in [0.25, 0.3) is 5.91 Å². The number of sulfonamides is 1. The van der Waals surface area contributed by atoms with Gasteiger partial charge in [0.05, 0.1) is 5.75 Å². The summed E-state index contributed by atoms with van der Waals surface area (Å²) >= 11 is 0. The Bertz CT molecular complexity index is 970. The van der Waals surface area contributed by atoms with Crippen molar-refractivity contribution >= 4 is 21.6 Å². The van der Waals surface area contributed by atoms with Crippen LogP contribution in [0.2, 0.25) is 0 Å². The molecule has 0 aliphatic carbocycles. The highest BCUT2D eigenvalue weighted by atomic mass is 32.2. The summed E-state index contributed by atoms with van der Waals surface area (Å²) < 4.78 is 45.1. The fraction of sp³-hybridized carbons (Fsp3) is 0.350. The molecular weight excluding hydrogens is 383 g/mol. The summed E-state index contributed by atoms with van der Waals surface area (Å²) in [6.07, 6.45) is 0.302. The molecule has 2 aliphatic heterocycles. The van der Waals surface area contributed by atoms with Gasteiger partial charge in [0.2, 0.25) is 10.0 Å². The number of amides is 1. The number of carbonyl (C=O) groups excluding carboxylic acids is 1. The van der Waals surface area contributed by atoms with E-state index < -0.39 is 21.9 Å². The van der Waals surface area contributed by atoms with E-state index in [4.69, 9.17) is 4.74 Å². The first kappa shape index (κ1) is 18.9. The number of fused-ring (bicyclic) bond motifs is 1. The number of hydrogen-bond acceptors (Lipinski definition) is 4. The molecule has 0 saturated carbocycles. The lowest BCUT2D eigenvalue weighted by atomic mass is 10.1. The summed E-state index contributed by atoms with van der Waals surface area (Å²) in [7, 11) is -3.27. The summed E-state index contributed by atoms with van der Waals surface area (Å²) in [5.41, 5.74) is 1.34. The van der Waals surface area contributed by atoms with Crippen molar-refractivity contribution in [2.24, 2.45) is 0 Å². The zero-order chi connectivity index (χ0) is 19.7. The molecule has 6 nitrogen and oxygen atoms in total. The molecule has 0 bridgehead atoms. The third-order valence-electron chi connectivity index (χ3n) is 5.08. The van der Waals surface area contributed by atoms with E-state index in [2.05, 4.69) is 0 Å². The highest BCUT2D eigenvalue weighted by Gasteiger charge is 2.34. The van der Waals surface area contributed by atoms with Crippen molar-refractivity contribution < 1.29 is 22.3 Å². The maximum Gasteiger partial charge on any atom is 0.268 e. The molecule has 0 aromatic heterocycles. The zero-order valence-corrected chi connectivity index (χ0v) is 16.1. The second kappa shape index (κ2) is 7.52. The van der Waals surface area contributed by atoms with Crippen LogP contribution >= 0.6 is 0 Å². The third kappa shape index (κ3) is 3.74. The van der Waals surface area contributed by atoms with E-state index in [0.717, 1.165) is 5.56 Å². The fourth-order valence-corrected chi connectivity index (χ4v) is 5.18. The number of nitrogens with zero attached hydrogens (tertiary/aromatic N) is 2. The topological polar surface area (TPSA) is 66.9 Å². The molecule has 0 N–H and O–H groups in total. The summed E-state index contributed by atoms with van der Waals surface area (Å²) in [6, 6.07) is 13.2. The van der Waals surface area contributed by atoms with Crippen molar-refractivity contribution in [2.75, 3.05) is 30.3 Å². The molecule has 0 radical (unpaired) electrons. The number of ether oxygens (including phenoxy) is 1. The molecule has 0 spiro atoms. The predicted octanol–water partition coefficient (Wildman–Crippen LogP) is 2.20. The summed E-state index contributed by atoms with van der Waals surface area (Å²) in [5.74, 6) is 0.0300. The van der Waals surface area contributed by atoms with Gasteiger partial charge in [-0.05, 0) is 36.2 Å². The van der Waals surface area contributed by atoms with Crippen molar-refractivity contribution in [1.29, 1.82) is 0 Å². The number of halogens is 1. The average Bonchev–Trinajstić information content (AvgIpc) is 3.24. The van der Waals surface area contributed by atoms with Crippen LogP contribution in [0.3, 0.4) is 0 Å². The number of benzene rings is 2. The highest BCUT2D eigenvalue weighted by Crippen LogP contribution is 2.30. The molecule has 2 aromatic carbocycles. The summed E-state index contributed by atoms with van der Waals surface area (Å²) in [5, 5.41) is 0. The zero-order valence-electron chi connectivity index (χ0n) is 15.3. The van der Waals surface area contributed by atoms with Crippen LogP contribution < -0.4 is 9.64 Å². The van der Waals surface area contributed by atoms with Crippen LogP contribution in [-0.4, -0.2) is 50.1 Å². The average molecular weight is 404 g/mol. The minimum atomic E-state index is -3.27. The van der Waals surface area contributed by atoms with Crippen molar-refractivity contribution in [3.63, 3.8) is 0 Å². The van der Waals surface area contributed by atoms with Gasteiger partial charge in [0.15, 0.2) is 6.10 Å². The molecule has 2 aliphatic rings. The Labute approximate surface area is 163 Å². The number of hydrogen-bond donors (Lipinski definition) is 0. The Hall–Kier alpha value is -2.45. The van der Waals surface area contributed by atoms with E-state index >= 15 is 0 Å². The molecule has 148 valence electrons. The van der Waals surface area contributed by atoms with E-state index in [-0.39, 0.29) is 24.7 Å². The SMILES string of the molecule is O=C([C@@H]1Cc2ccccc2O1)N(CCN1CCCS1(=O)=O)c1cccc(F)c1. The Kier molecular flexibility index (Phi) is 5.07. The first-order chi connectivity index (χ1) is 13.4. The van der Waals surface area contributed by atoms with Crippen LogP contribution in [0.1, 0.15) is 12.0 Å². The van der Waals surface area contributed by atoms with Crippen molar-refractivity contribution in [3.05, 3.63) is 59.9 Å². The van der Waals surface area contributed by atoms with Crippen LogP contribution in [0.4, 0.5) is 10.1 Å². The Morgan fingerprint density at radius 2 is 2.04 bits per heavy atom. The lowest BCUT2D eigenvalue weighted by Crippen LogP contribution is -2.45. The van der Waals surface area contributed by atoms with Gasteiger partial charge < -0.3 is 9.64 Å². The Balaban J connectivity index is 1.55. The van der Waals surface area contributed by atoms with Crippen LogP contribution in [0.25, 0.3) is 0 Å². The lowest BCUT2D eigenvalue weighted by molar-refractivity contribution is -0.124. The van der Waals surface area contributed by atoms with Crippen LogP contribution in [0, 0.1) is 5.82 Å². The predicted molar refractivity (Wildman–Crippen MR) is 103 cm³/mol. The van der Waals surface area contributed by atoms with Crippen LogP contribution in [-0.2, 0) is 21.2 Å². The summed E-state index contributed by atoms with van der Waals surface area (Å²) in [4.78, 5) is 14.6. The monoisotopic (exact) mass is 404 g/mol. The molecule has 2 aromatic rings. The Morgan fingerprint density at radius 1 is 1.21 bits per heavy atom. The Morgan fingerprint density at radius 3 is 2.75 bits per heavy atom.